The van der Waals surface area contributed by atoms with Gasteiger partial charge in [-0.2, -0.15) is 15.4 Å². The number of aromatic nitrogens is 3. The number of nitrogens with two attached hydrogens (primary N) is 1. The lowest BCUT2D eigenvalue weighted by atomic mass is 10.2. The van der Waals surface area contributed by atoms with Crippen molar-refractivity contribution in [2.75, 3.05) is 4.90 Å². The minimum atomic E-state index is -0.486. The highest BCUT2D eigenvalue weighted by atomic mass is 16.2. The molecule has 1 aromatic carbocycles. The number of para-hydroxylation sites is 1. The molecule has 0 fully saturated rings. The van der Waals surface area contributed by atoms with Gasteiger partial charge in [-0.1, -0.05) is 18.2 Å². The Kier molecular flexibility index (Phi) is 3.05. The van der Waals surface area contributed by atoms with Crippen LogP contribution in [0.15, 0.2) is 30.3 Å². The van der Waals surface area contributed by atoms with E-state index in [1.54, 1.807) is 31.2 Å². The molecule has 7 heteroatoms. The zero-order chi connectivity index (χ0) is 13.1. The predicted molar refractivity (Wildman–Crippen MR) is 66.3 cm³/mol. The summed E-state index contributed by atoms with van der Waals surface area (Å²) in [5.41, 5.74) is 6.57. The number of aryl methyl sites for hydroxylation is 1. The molecule has 0 aliphatic heterocycles. The van der Waals surface area contributed by atoms with Crippen molar-refractivity contribution in [3.8, 4) is 0 Å². The van der Waals surface area contributed by atoms with Gasteiger partial charge >= 0.3 is 0 Å². The Bertz CT molecular complexity index is 576. The van der Waals surface area contributed by atoms with Crippen LogP contribution < -0.4 is 10.6 Å². The van der Waals surface area contributed by atoms with E-state index in [0.717, 1.165) is 4.90 Å². The molecule has 2 aromatic rings. The molecule has 0 unspecified atom stereocenters. The molecule has 92 valence electrons. The molecule has 1 aromatic heterocycles. The molecule has 0 aliphatic rings. The van der Waals surface area contributed by atoms with E-state index in [2.05, 4.69) is 15.4 Å². The summed E-state index contributed by atoms with van der Waals surface area (Å²) < 4.78 is 0. The summed E-state index contributed by atoms with van der Waals surface area (Å²) in [6, 6.07) is 8.71. The molecule has 2 rings (SSSR count). The number of benzene rings is 1. The first kappa shape index (κ1) is 11.8. The predicted octanol–water partition coefficient (Wildman–Crippen LogP) is 0.653. The number of aromatic amines is 1. The van der Waals surface area contributed by atoms with E-state index in [4.69, 9.17) is 11.1 Å². The second-order valence-corrected chi connectivity index (χ2v) is 3.62. The number of rotatable bonds is 2. The third-order valence-corrected chi connectivity index (χ3v) is 2.38. The second-order valence-electron chi connectivity index (χ2n) is 3.62. The summed E-state index contributed by atoms with van der Waals surface area (Å²) in [5, 5.41) is 17.4. The molecule has 0 saturated heterocycles. The number of amides is 1. The maximum atomic E-state index is 12.3. The van der Waals surface area contributed by atoms with Gasteiger partial charge in [0, 0.05) is 0 Å². The Labute approximate surface area is 103 Å². The van der Waals surface area contributed by atoms with Crippen molar-refractivity contribution in [3.63, 3.8) is 0 Å². The molecule has 7 nitrogen and oxygen atoms in total. The highest BCUT2D eigenvalue weighted by Gasteiger charge is 2.24. The number of carbonyl (C=O) groups is 1. The molecule has 0 atom stereocenters. The van der Waals surface area contributed by atoms with Crippen LogP contribution in [0.2, 0.25) is 0 Å². The first-order chi connectivity index (χ1) is 8.61. The number of carbonyl (C=O) groups excluding carboxylic acids is 1. The van der Waals surface area contributed by atoms with E-state index in [1.165, 1.54) is 0 Å². The fourth-order valence-corrected chi connectivity index (χ4v) is 1.54. The van der Waals surface area contributed by atoms with Crippen molar-refractivity contribution >= 4 is 17.6 Å². The van der Waals surface area contributed by atoms with Gasteiger partial charge in [-0.3, -0.25) is 10.2 Å². The Morgan fingerprint density at radius 3 is 2.50 bits per heavy atom. The van der Waals surface area contributed by atoms with Gasteiger partial charge < -0.3 is 5.73 Å². The van der Waals surface area contributed by atoms with E-state index >= 15 is 0 Å². The lowest BCUT2D eigenvalue weighted by Gasteiger charge is -2.19. The van der Waals surface area contributed by atoms with Crippen molar-refractivity contribution in [2.24, 2.45) is 5.73 Å². The van der Waals surface area contributed by atoms with Crippen molar-refractivity contribution in [1.82, 2.24) is 15.4 Å². The van der Waals surface area contributed by atoms with Crippen LogP contribution in [0.5, 0.6) is 0 Å². The van der Waals surface area contributed by atoms with Gasteiger partial charge in [0.15, 0.2) is 11.7 Å². The molecule has 1 amide bonds. The van der Waals surface area contributed by atoms with E-state index in [1.807, 2.05) is 6.07 Å². The third kappa shape index (κ3) is 2.05. The van der Waals surface area contributed by atoms with E-state index in [0.29, 0.717) is 11.4 Å². The van der Waals surface area contributed by atoms with Gasteiger partial charge in [0.05, 0.1) is 11.4 Å². The van der Waals surface area contributed by atoms with Crippen LogP contribution in [0.4, 0.5) is 5.69 Å². The van der Waals surface area contributed by atoms with Gasteiger partial charge in [0.25, 0.3) is 5.91 Å². The SMILES string of the molecule is Cc1n[nH]nc1C(=O)N(C(=N)N)c1ccccc1. The molecule has 1 heterocycles. The first-order valence-corrected chi connectivity index (χ1v) is 5.22. The van der Waals surface area contributed by atoms with Crippen LogP contribution in [-0.4, -0.2) is 27.3 Å². The number of nitrogens with one attached hydrogen (secondary N) is 2. The smallest absolute Gasteiger partial charge is 0.287 e. The largest absolute Gasteiger partial charge is 0.369 e. The normalized spacial score (nSPS) is 10.1. The minimum Gasteiger partial charge on any atom is -0.369 e. The molecular formula is C11H12N6O. The maximum Gasteiger partial charge on any atom is 0.287 e. The monoisotopic (exact) mass is 244 g/mol. The topological polar surface area (TPSA) is 112 Å². The molecule has 0 bridgehead atoms. The number of nitrogens with zero attached hydrogens (tertiary/aromatic N) is 3. The van der Waals surface area contributed by atoms with Gasteiger partial charge in [0.1, 0.15) is 0 Å². The Morgan fingerprint density at radius 2 is 2.00 bits per heavy atom. The van der Waals surface area contributed by atoms with E-state index in [9.17, 15) is 4.79 Å². The number of hydrogen-bond donors (Lipinski definition) is 3. The highest BCUT2D eigenvalue weighted by Crippen LogP contribution is 2.16. The average molecular weight is 244 g/mol. The number of hydrogen-bond acceptors (Lipinski definition) is 4. The maximum absolute atomic E-state index is 12.3. The second kappa shape index (κ2) is 4.66. The molecular weight excluding hydrogens is 232 g/mol. The van der Waals surface area contributed by atoms with Crippen LogP contribution in [0.3, 0.4) is 0 Å². The average Bonchev–Trinajstić information content (AvgIpc) is 2.76. The van der Waals surface area contributed by atoms with Gasteiger partial charge in [0.2, 0.25) is 0 Å². The summed E-state index contributed by atoms with van der Waals surface area (Å²) in [7, 11) is 0. The zero-order valence-electron chi connectivity index (χ0n) is 9.71. The van der Waals surface area contributed by atoms with Crippen LogP contribution >= 0.6 is 0 Å². The lowest BCUT2D eigenvalue weighted by Crippen LogP contribution is -2.41. The van der Waals surface area contributed by atoms with Crippen molar-refractivity contribution in [1.29, 1.82) is 5.41 Å². The van der Waals surface area contributed by atoms with Gasteiger partial charge in [-0.25, -0.2) is 4.90 Å². The molecule has 0 saturated carbocycles. The summed E-state index contributed by atoms with van der Waals surface area (Å²) >= 11 is 0. The van der Waals surface area contributed by atoms with Gasteiger partial charge in [-0.05, 0) is 19.1 Å². The number of H-pyrrole nitrogens is 1. The van der Waals surface area contributed by atoms with Crippen molar-refractivity contribution < 1.29 is 4.79 Å². The highest BCUT2D eigenvalue weighted by molar-refractivity contribution is 6.20. The number of guanidine groups is 1. The Hall–Kier alpha value is -2.70. The molecule has 18 heavy (non-hydrogen) atoms. The van der Waals surface area contributed by atoms with E-state index < -0.39 is 5.91 Å². The fourth-order valence-electron chi connectivity index (χ4n) is 1.54. The van der Waals surface area contributed by atoms with Crippen molar-refractivity contribution in [2.45, 2.75) is 6.92 Å². The quantitative estimate of drug-likeness (QED) is 0.532. The van der Waals surface area contributed by atoms with Crippen LogP contribution in [-0.2, 0) is 0 Å². The first-order valence-electron chi connectivity index (χ1n) is 5.22. The summed E-state index contributed by atoms with van der Waals surface area (Å²) in [5.74, 6) is -0.853. The minimum absolute atomic E-state index is 0.147. The summed E-state index contributed by atoms with van der Waals surface area (Å²) in [6.45, 7) is 1.65. The number of anilines is 1. The van der Waals surface area contributed by atoms with Crippen molar-refractivity contribution in [3.05, 3.63) is 41.7 Å². The molecule has 0 spiro atoms. The molecule has 0 radical (unpaired) electrons. The van der Waals surface area contributed by atoms with Gasteiger partial charge in [-0.15, -0.1) is 0 Å². The summed E-state index contributed by atoms with van der Waals surface area (Å²) in [6.07, 6.45) is 0. The summed E-state index contributed by atoms with van der Waals surface area (Å²) in [4.78, 5) is 13.3. The lowest BCUT2D eigenvalue weighted by molar-refractivity contribution is 0.0996. The molecule has 4 N–H and O–H groups in total. The van der Waals surface area contributed by atoms with Crippen LogP contribution in [0, 0.1) is 12.3 Å². The zero-order valence-corrected chi connectivity index (χ0v) is 9.71. The Balaban J connectivity index is 2.42. The molecule has 0 aliphatic carbocycles. The van der Waals surface area contributed by atoms with Crippen LogP contribution in [0.1, 0.15) is 16.2 Å². The van der Waals surface area contributed by atoms with E-state index in [-0.39, 0.29) is 11.7 Å². The fraction of sp³-hybridized carbons (Fsp3) is 0.0909. The standard InChI is InChI=1S/C11H12N6O/c1-7-9(15-16-14-7)10(18)17(11(12)13)8-5-3-2-4-6-8/h2-6H,1H3,(H3,12,13)(H,14,15,16). The Morgan fingerprint density at radius 1 is 1.33 bits per heavy atom. The third-order valence-electron chi connectivity index (χ3n) is 2.38. The van der Waals surface area contributed by atoms with Crippen LogP contribution in [0.25, 0.3) is 0 Å².